The summed E-state index contributed by atoms with van der Waals surface area (Å²) in [6.45, 7) is 0. The molecule has 0 aliphatic heterocycles. The molecule has 1 nitrogen and oxygen atoms in total. The second-order valence-electron chi connectivity index (χ2n) is 10.6. The topological polar surface area (TPSA) is 15.8 Å². The molecule has 0 amide bonds. The van der Waals surface area contributed by atoms with Crippen LogP contribution in [-0.2, 0) is 5.41 Å². The first kappa shape index (κ1) is 20.2. The Balaban J connectivity index is 1.40. The van der Waals surface area contributed by atoms with E-state index < -0.39 is 0 Å². The summed E-state index contributed by atoms with van der Waals surface area (Å²) in [5.74, 6) is 0. The van der Waals surface area contributed by atoms with Crippen molar-refractivity contribution in [1.82, 2.24) is 4.98 Å². The maximum Gasteiger partial charge on any atom is 0.0726 e. The molecule has 1 N–H and O–H groups in total. The van der Waals surface area contributed by atoms with Crippen molar-refractivity contribution in [2.75, 3.05) is 0 Å². The number of aromatic nitrogens is 1. The second kappa shape index (κ2) is 7.12. The molecule has 0 saturated carbocycles. The molecule has 0 saturated heterocycles. The Bertz CT molecular complexity index is 2030. The molecule has 1 heteroatoms. The number of fused-ring (bicyclic) bond motifs is 13. The van der Waals surface area contributed by atoms with E-state index in [1.165, 1.54) is 77.4 Å². The van der Waals surface area contributed by atoms with E-state index in [1.54, 1.807) is 0 Å². The molecule has 1 aromatic heterocycles. The molecule has 7 aromatic rings. The van der Waals surface area contributed by atoms with E-state index in [9.17, 15) is 0 Å². The molecular formula is C37H23N. The molecule has 1 spiro atoms. The smallest absolute Gasteiger partial charge is 0.0726 e. The first-order valence-electron chi connectivity index (χ1n) is 13.3. The molecule has 0 atom stereocenters. The van der Waals surface area contributed by atoms with Gasteiger partial charge in [0.1, 0.15) is 0 Å². The quantitative estimate of drug-likeness (QED) is 0.240. The van der Waals surface area contributed by atoms with Gasteiger partial charge in [-0.15, -0.1) is 0 Å². The summed E-state index contributed by atoms with van der Waals surface area (Å²) >= 11 is 0. The summed E-state index contributed by atoms with van der Waals surface area (Å²) in [5.41, 5.74) is 15.4. The number of benzene rings is 6. The number of aromatic amines is 1. The van der Waals surface area contributed by atoms with Crippen LogP contribution < -0.4 is 0 Å². The lowest BCUT2D eigenvalue weighted by atomic mass is 9.70. The average molecular weight is 482 g/mol. The molecule has 2 aliphatic carbocycles. The molecule has 0 bridgehead atoms. The van der Waals surface area contributed by atoms with Crippen LogP contribution in [0.5, 0.6) is 0 Å². The molecule has 176 valence electrons. The Morgan fingerprint density at radius 1 is 0.368 bits per heavy atom. The van der Waals surface area contributed by atoms with Crippen molar-refractivity contribution in [3.63, 3.8) is 0 Å². The minimum Gasteiger partial charge on any atom is -0.355 e. The minimum absolute atomic E-state index is 0.306. The number of nitrogens with one attached hydrogen (secondary N) is 1. The van der Waals surface area contributed by atoms with E-state index >= 15 is 0 Å². The van der Waals surface area contributed by atoms with Gasteiger partial charge in [0.15, 0.2) is 0 Å². The number of hydrogen-bond acceptors (Lipinski definition) is 0. The highest BCUT2D eigenvalue weighted by Crippen LogP contribution is 2.63. The van der Waals surface area contributed by atoms with Crippen molar-refractivity contribution >= 4 is 21.8 Å². The lowest BCUT2D eigenvalue weighted by molar-refractivity contribution is 0.795. The van der Waals surface area contributed by atoms with Crippen molar-refractivity contribution in [3.8, 4) is 33.4 Å². The Kier molecular flexibility index (Phi) is 3.78. The molecule has 9 rings (SSSR count). The van der Waals surface area contributed by atoms with Crippen LogP contribution in [0.4, 0.5) is 0 Å². The summed E-state index contributed by atoms with van der Waals surface area (Å²) in [6.07, 6.45) is 0. The van der Waals surface area contributed by atoms with Crippen molar-refractivity contribution in [1.29, 1.82) is 0 Å². The second-order valence-corrected chi connectivity index (χ2v) is 10.6. The van der Waals surface area contributed by atoms with Gasteiger partial charge in [-0.05, 0) is 79.9 Å². The first-order chi connectivity index (χ1) is 18.8. The maximum absolute atomic E-state index is 3.77. The predicted octanol–water partition coefficient (Wildman–Crippen LogP) is 9.33. The average Bonchev–Trinajstić information content (AvgIpc) is 3.60. The Hall–Kier alpha value is -4.88. The molecule has 1 heterocycles. The van der Waals surface area contributed by atoms with Gasteiger partial charge in [-0.1, -0.05) is 109 Å². The lowest BCUT2D eigenvalue weighted by Crippen LogP contribution is -2.25. The fraction of sp³-hybridized carbons (Fsp3) is 0.0270. The monoisotopic (exact) mass is 481 g/mol. The third kappa shape index (κ3) is 2.37. The summed E-state index contributed by atoms with van der Waals surface area (Å²) in [5, 5.41) is 2.55. The third-order valence-corrected chi connectivity index (χ3v) is 8.82. The van der Waals surface area contributed by atoms with E-state index in [4.69, 9.17) is 0 Å². The Morgan fingerprint density at radius 3 is 1.58 bits per heavy atom. The zero-order chi connectivity index (χ0) is 24.8. The molecule has 0 fully saturated rings. The van der Waals surface area contributed by atoms with Crippen LogP contribution in [0.3, 0.4) is 0 Å². The van der Waals surface area contributed by atoms with Gasteiger partial charge >= 0.3 is 0 Å². The Morgan fingerprint density at radius 2 is 0.921 bits per heavy atom. The van der Waals surface area contributed by atoms with Gasteiger partial charge in [0.2, 0.25) is 0 Å². The highest BCUT2D eigenvalue weighted by molar-refractivity contribution is 6.11. The Labute approximate surface area is 221 Å². The van der Waals surface area contributed by atoms with Crippen LogP contribution in [0, 0.1) is 0 Å². The first-order valence-corrected chi connectivity index (χ1v) is 13.3. The van der Waals surface area contributed by atoms with Gasteiger partial charge in [-0.2, -0.15) is 0 Å². The summed E-state index contributed by atoms with van der Waals surface area (Å²) in [6, 6.07) is 49.3. The fourth-order valence-electron chi connectivity index (χ4n) is 7.30. The van der Waals surface area contributed by atoms with Crippen molar-refractivity contribution in [2.45, 2.75) is 5.41 Å². The normalized spacial score (nSPS) is 14.0. The van der Waals surface area contributed by atoms with E-state index in [1.807, 2.05) is 0 Å². The van der Waals surface area contributed by atoms with E-state index in [-0.39, 0.29) is 5.41 Å². The van der Waals surface area contributed by atoms with Gasteiger partial charge in [0.25, 0.3) is 0 Å². The van der Waals surface area contributed by atoms with Gasteiger partial charge in [0, 0.05) is 21.8 Å². The predicted molar refractivity (Wildman–Crippen MR) is 158 cm³/mol. The van der Waals surface area contributed by atoms with E-state index in [0.717, 1.165) is 0 Å². The fourth-order valence-corrected chi connectivity index (χ4v) is 7.30. The van der Waals surface area contributed by atoms with E-state index in [0.29, 0.717) is 0 Å². The minimum atomic E-state index is -0.306. The van der Waals surface area contributed by atoms with Crippen molar-refractivity contribution < 1.29 is 0 Å². The standard InChI is InChI=1S/C37H23N/c1-2-10-23(11-3-1)24-18-19-35-29(20-24)30-21-28-27-14-6-9-17-33(27)37(34(28)22-36(30)38-35)31-15-7-4-12-25(31)26-13-5-8-16-32(26)37/h1-22,38H. The molecular weight excluding hydrogens is 458 g/mol. The van der Waals surface area contributed by atoms with Crippen molar-refractivity contribution in [2.24, 2.45) is 0 Å². The zero-order valence-corrected chi connectivity index (χ0v) is 20.7. The molecule has 2 aliphatic rings. The van der Waals surface area contributed by atoms with Crippen LogP contribution in [0.15, 0.2) is 133 Å². The van der Waals surface area contributed by atoms with E-state index in [2.05, 4.69) is 138 Å². The van der Waals surface area contributed by atoms with Gasteiger partial charge in [-0.25, -0.2) is 0 Å². The molecule has 38 heavy (non-hydrogen) atoms. The zero-order valence-electron chi connectivity index (χ0n) is 20.7. The van der Waals surface area contributed by atoms with Gasteiger partial charge < -0.3 is 4.98 Å². The molecule has 0 unspecified atom stereocenters. The summed E-state index contributed by atoms with van der Waals surface area (Å²) in [4.78, 5) is 3.77. The summed E-state index contributed by atoms with van der Waals surface area (Å²) < 4.78 is 0. The highest BCUT2D eigenvalue weighted by atomic mass is 14.7. The number of hydrogen-bond donors (Lipinski definition) is 1. The molecule has 0 radical (unpaired) electrons. The molecule has 6 aromatic carbocycles. The van der Waals surface area contributed by atoms with Crippen LogP contribution in [0.2, 0.25) is 0 Å². The SMILES string of the molecule is c1ccc(-c2ccc3[nH]c4cc5c(cc4c3c2)-c2ccccc2C52c3ccccc3-c3ccccc32)cc1. The summed E-state index contributed by atoms with van der Waals surface area (Å²) in [7, 11) is 0. The lowest BCUT2D eigenvalue weighted by Gasteiger charge is -2.30. The van der Waals surface area contributed by atoms with Crippen LogP contribution in [0.25, 0.3) is 55.2 Å². The van der Waals surface area contributed by atoms with Gasteiger partial charge in [-0.3, -0.25) is 0 Å². The van der Waals surface area contributed by atoms with Crippen LogP contribution in [-0.4, -0.2) is 4.98 Å². The van der Waals surface area contributed by atoms with Crippen molar-refractivity contribution in [3.05, 3.63) is 156 Å². The van der Waals surface area contributed by atoms with Crippen LogP contribution in [0.1, 0.15) is 22.3 Å². The van der Waals surface area contributed by atoms with Gasteiger partial charge in [0.05, 0.1) is 5.41 Å². The highest BCUT2D eigenvalue weighted by Gasteiger charge is 2.51. The third-order valence-electron chi connectivity index (χ3n) is 8.82. The largest absolute Gasteiger partial charge is 0.355 e. The number of H-pyrrole nitrogens is 1. The van der Waals surface area contributed by atoms with Crippen LogP contribution >= 0.6 is 0 Å². The number of rotatable bonds is 1. The maximum atomic E-state index is 3.77.